The first-order valence-corrected chi connectivity index (χ1v) is 7.15. The van der Waals surface area contributed by atoms with Crippen LogP contribution in [0.1, 0.15) is 49.7 Å². The van der Waals surface area contributed by atoms with Crippen molar-refractivity contribution in [1.82, 2.24) is 9.55 Å². The van der Waals surface area contributed by atoms with Gasteiger partial charge in [-0.25, -0.2) is 4.98 Å². The number of hydrogen-bond acceptors (Lipinski definition) is 2. The highest BCUT2D eigenvalue weighted by atomic mass is 32.2. The zero-order chi connectivity index (χ0) is 10.3. The van der Waals surface area contributed by atoms with Gasteiger partial charge in [0.25, 0.3) is 0 Å². The summed E-state index contributed by atoms with van der Waals surface area (Å²) in [5, 5.41) is 0. The number of hydrogen-bond donors (Lipinski definition) is 0. The van der Waals surface area contributed by atoms with Gasteiger partial charge < -0.3 is 4.57 Å². The van der Waals surface area contributed by atoms with Crippen LogP contribution in [0.5, 0.6) is 0 Å². The molecule has 3 heterocycles. The summed E-state index contributed by atoms with van der Waals surface area (Å²) in [5.74, 6) is 4.67. The predicted octanol–water partition coefficient (Wildman–Crippen LogP) is 3.00. The van der Waals surface area contributed by atoms with E-state index >= 15 is 0 Å². The maximum atomic E-state index is 4.83. The summed E-state index contributed by atoms with van der Waals surface area (Å²) in [4.78, 5) is 4.83. The van der Waals surface area contributed by atoms with Crippen molar-refractivity contribution >= 4 is 11.8 Å². The quantitative estimate of drug-likeness (QED) is 0.727. The van der Waals surface area contributed by atoms with Crippen LogP contribution in [0.4, 0.5) is 0 Å². The van der Waals surface area contributed by atoms with E-state index in [2.05, 4.69) is 29.4 Å². The van der Waals surface area contributed by atoms with Gasteiger partial charge in [0.05, 0.1) is 5.69 Å². The summed E-state index contributed by atoms with van der Waals surface area (Å²) in [5.41, 5.74) is 1.36. The first-order valence-electron chi connectivity index (χ1n) is 6.00. The minimum atomic E-state index is 0.670. The standard InChI is InChI=1S/C12H18N2S/c1-9-3-2-4-12-13-11(7-14(9)12)10-5-6-15-8-10/h7,9-10H,2-6,8H2,1H3. The van der Waals surface area contributed by atoms with E-state index in [-0.39, 0.29) is 0 Å². The Hall–Kier alpha value is -0.440. The molecule has 1 aromatic heterocycles. The lowest BCUT2D eigenvalue weighted by molar-refractivity contribution is 0.425. The molecular weight excluding hydrogens is 204 g/mol. The molecule has 0 bridgehead atoms. The summed E-state index contributed by atoms with van der Waals surface area (Å²) < 4.78 is 2.42. The van der Waals surface area contributed by atoms with Gasteiger partial charge in [0.15, 0.2) is 0 Å². The van der Waals surface area contributed by atoms with Gasteiger partial charge in [-0.2, -0.15) is 11.8 Å². The molecule has 3 rings (SSSR count). The number of aromatic nitrogens is 2. The highest BCUT2D eigenvalue weighted by Crippen LogP contribution is 2.34. The number of fused-ring (bicyclic) bond motifs is 1. The fraction of sp³-hybridized carbons (Fsp3) is 0.750. The lowest BCUT2D eigenvalue weighted by atomic mass is 10.1. The number of thioether (sulfide) groups is 1. The molecular formula is C12H18N2S. The zero-order valence-electron chi connectivity index (χ0n) is 9.28. The van der Waals surface area contributed by atoms with Gasteiger partial charge in [0, 0.05) is 30.3 Å². The van der Waals surface area contributed by atoms with E-state index in [1.165, 1.54) is 48.7 Å². The van der Waals surface area contributed by atoms with Crippen LogP contribution in [0.15, 0.2) is 6.20 Å². The van der Waals surface area contributed by atoms with Gasteiger partial charge in [-0.15, -0.1) is 0 Å². The van der Waals surface area contributed by atoms with E-state index in [0.29, 0.717) is 6.04 Å². The topological polar surface area (TPSA) is 17.8 Å². The van der Waals surface area contributed by atoms with Crippen molar-refractivity contribution in [3.05, 3.63) is 17.7 Å². The number of rotatable bonds is 1. The van der Waals surface area contributed by atoms with Gasteiger partial charge >= 0.3 is 0 Å². The van der Waals surface area contributed by atoms with E-state index < -0.39 is 0 Å². The van der Waals surface area contributed by atoms with Crippen molar-refractivity contribution in [2.24, 2.45) is 0 Å². The molecule has 1 saturated heterocycles. The Kier molecular flexibility index (Phi) is 2.51. The molecule has 0 saturated carbocycles. The lowest BCUT2D eigenvalue weighted by Crippen LogP contribution is -2.14. The Morgan fingerprint density at radius 2 is 2.40 bits per heavy atom. The predicted molar refractivity (Wildman–Crippen MR) is 64.6 cm³/mol. The minimum Gasteiger partial charge on any atom is -0.332 e. The van der Waals surface area contributed by atoms with E-state index in [0.717, 1.165) is 5.92 Å². The molecule has 2 atom stereocenters. The third-order valence-electron chi connectivity index (χ3n) is 3.67. The van der Waals surface area contributed by atoms with Crippen molar-refractivity contribution in [2.45, 2.75) is 44.6 Å². The molecule has 15 heavy (non-hydrogen) atoms. The highest BCUT2D eigenvalue weighted by Gasteiger charge is 2.24. The van der Waals surface area contributed by atoms with Crippen molar-refractivity contribution in [3.63, 3.8) is 0 Å². The van der Waals surface area contributed by atoms with E-state index in [1.54, 1.807) is 0 Å². The molecule has 2 unspecified atom stereocenters. The fourth-order valence-electron chi connectivity index (χ4n) is 2.68. The second kappa shape index (κ2) is 3.85. The summed E-state index contributed by atoms with van der Waals surface area (Å²) in [6, 6.07) is 0.670. The van der Waals surface area contributed by atoms with Crippen LogP contribution in [0, 0.1) is 0 Å². The minimum absolute atomic E-state index is 0.670. The van der Waals surface area contributed by atoms with Crippen molar-refractivity contribution in [3.8, 4) is 0 Å². The number of aryl methyl sites for hydroxylation is 1. The van der Waals surface area contributed by atoms with Gasteiger partial charge in [-0.1, -0.05) is 0 Å². The monoisotopic (exact) mass is 222 g/mol. The van der Waals surface area contributed by atoms with Crippen LogP contribution < -0.4 is 0 Å². The third-order valence-corrected chi connectivity index (χ3v) is 4.84. The normalized spacial score (nSPS) is 30.5. The molecule has 3 heteroatoms. The van der Waals surface area contributed by atoms with Gasteiger partial charge in [0.1, 0.15) is 5.82 Å². The van der Waals surface area contributed by atoms with Crippen molar-refractivity contribution in [1.29, 1.82) is 0 Å². The van der Waals surface area contributed by atoms with Gasteiger partial charge in [-0.05, 0) is 31.9 Å². The van der Waals surface area contributed by atoms with Crippen LogP contribution in [0.3, 0.4) is 0 Å². The zero-order valence-corrected chi connectivity index (χ0v) is 10.1. The molecule has 0 aromatic carbocycles. The van der Waals surface area contributed by atoms with Crippen LogP contribution in [0.25, 0.3) is 0 Å². The van der Waals surface area contributed by atoms with E-state index in [1.807, 2.05) is 0 Å². The molecule has 0 N–H and O–H groups in total. The smallest absolute Gasteiger partial charge is 0.109 e. The molecule has 2 nitrogen and oxygen atoms in total. The molecule has 0 aliphatic carbocycles. The lowest BCUT2D eigenvalue weighted by Gasteiger charge is -2.20. The Labute approximate surface area is 95.5 Å². The SMILES string of the molecule is CC1CCCc2nc(C3CCSC3)cn21. The second-order valence-electron chi connectivity index (χ2n) is 4.79. The number of imidazole rings is 1. The maximum absolute atomic E-state index is 4.83. The third kappa shape index (κ3) is 1.71. The molecule has 82 valence electrons. The first kappa shape index (κ1) is 9.76. The average Bonchev–Trinajstić information content (AvgIpc) is 2.86. The van der Waals surface area contributed by atoms with Crippen LogP contribution >= 0.6 is 11.8 Å². The summed E-state index contributed by atoms with van der Waals surface area (Å²) in [6.07, 6.45) is 7.48. The Morgan fingerprint density at radius 1 is 1.47 bits per heavy atom. The second-order valence-corrected chi connectivity index (χ2v) is 5.94. The fourth-order valence-corrected chi connectivity index (χ4v) is 3.92. The van der Waals surface area contributed by atoms with Gasteiger partial charge in [-0.3, -0.25) is 0 Å². The molecule has 1 aromatic rings. The molecule has 0 radical (unpaired) electrons. The first-order chi connectivity index (χ1) is 7.34. The van der Waals surface area contributed by atoms with Gasteiger partial charge in [0.2, 0.25) is 0 Å². The number of nitrogens with zero attached hydrogens (tertiary/aromatic N) is 2. The van der Waals surface area contributed by atoms with Crippen molar-refractivity contribution in [2.75, 3.05) is 11.5 Å². The largest absolute Gasteiger partial charge is 0.332 e. The Bertz CT molecular complexity index is 353. The van der Waals surface area contributed by atoms with E-state index in [9.17, 15) is 0 Å². The summed E-state index contributed by atoms with van der Waals surface area (Å²) in [7, 11) is 0. The Balaban J connectivity index is 1.90. The Morgan fingerprint density at radius 3 is 3.13 bits per heavy atom. The van der Waals surface area contributed by atoms with Crippen LogP contribution in [-0.4, -0.2) is 21.1 Å². The molecule has 0 amide bonds. The summed E-state index contributed by atoms with van der Waals surface area (Å²) in [6.45, 7) is 2.32. The summed E-state index contributed by atoms with van der Waals surface area (Å²) >= 11 is 2.07. The van der Waals surface area contributed by atoms with E-state index in [4.69, 9.17) is 4.98 Å². The maximum Gasteiger partial charge on any atom is 0.109 e. The average molecular weight is 222 g/mol. The van der Waals surface area contributed by atoms with Crippen LogP contribution in [0.2, 0.25) is 0 Å². The van der Waals surface area contributed by atoms with Crippen LogP contribution in [-0.2, 0) is 6.42 Å². The molecule has 0 spiro atoms. The molecule has 1 fully saturated rings. The molecule has 2 aliphatic heterocycles. The highest BCUT2D eigenvalue weighted by molar-refractivity contribution is 7.99. The van der Waals surface area contributed by atoms with Crippen molar-refractivity contribution < 1.29 is 0 Å². The molecule has 2 aliphatic rings.